The first-order chi connectivity index (χ1) is 7.25. The van der Waals surface area contributed by atoms with Gasteiger partial charge in [-0.05, 0) is 31.8 Å². The molecular weight excluding hydrogens is 190 g/mol. The average molecular weight is 209 g/mol. The van der Waals surface area contributed by atoms with Crippen LogP contribution in [-0.2, 0) is 6.42 Å². The van der Waals surface area contributed by atoms with Crippen LogP contribution in [0.1, 0.15) is 44.3 Å². The highest BCUT2D eigenvalue weighted by molar-refractivity contribution is 4.92. The van der Waals surface area contributed by atoms with Crippen LogP contribution in [0.3, 0.4) is 0 Å². The lowest BCUT2D eigenvalue weighted by molar-refractivity contribution is 0.342. The molecule has 0 spiro atoms. The molecule has 0 saturated carbocycles. The highest BCUT2D eigenvalue weighted by atomic mass is 16.5. The molecule has 1 aliphatic rings. The summed E-state index contributed by atoms with van der Waals surface area (Å²) in [6, 6.07) is 0. The molecule has 15 heavy (non-hydrogen) atoms. The summed E-state index contributed by atoms with van der Waals surface area (Å²) >= 11 is 0. The van der Waals surface area contributed by atoms with E-state index in [0.717, 1.165) is 37.1 Å². The Bertz CT molecular complexity index is 303. The molecular formula is C11H19N3O. The molecule has 0 atom stereocenters. The molecule has 0 aromatic carbocycles. The third-order valence-corrected chi connectivity index (χ3v) is 2.91. The lowest BCUT2D eigenvalue weighted by Gasteiger charge is -2.20. The minimum atomic E-state index is 0.333. The molecule has 1 N–H and O–H groups in total. The Morgan fingerprint density at radius 1 is 1.40 bits per heavy atom. The third-order valence-electron chi connectivity index (χ3n) is 2.91. The number of piperidine rings is 1. The van der Waals surface area contributed by atoms with Gasteiger partial charge in [0.1, 0.15) is 0 Å². The molecule has 1 aromatic rings. The van der Waals surface area contributed by atoms with Gasteiger partial charge in [-0.2, -0.15) is 4.98 Å². The van der Waals surface area contributed by atoms with Crippen LogP contribution in [0.15, 0.2) is 4.52 Å². The fourth-order valence-electron chi connectivity index (χ4n) is 1.93. The molecule has 0 unspecified atom stereocenters. The second-order valence-corrected chi connectivity index (χ2v) is 4.60. The summed E-state index contributed by atoms with van der Waals surface area (Å²) < 4.78 is 5.19. The van der Waals surface area contributed by atoms with Crippen molar-refractivity contribution in [2.45, 2.75) is 39.0 Å². The predicted molar refractivity (Wildman–Crippen MR) is 57.7 cm³/mol. The monoisotopic (exact) mass is 209 g/mol. The molecule has 0 amide bonds. The average Bonchev–Trinajstić information content (AvgIpc) is 2.68. The number of nitrogens with zero attached hydrogens (tertiary/aromatic N) is 2. The number of nitrogens with one attached hydrogen (secondary N) is 1. The summed E-state index contributed by atoms with van der Waals surface area (Å²) in [6.45, 7) is 6.39. The van der Waals surface area contributed by atoms with Gasteiger partial charge in [0.2, 0.25) is 5.89 Å². The first-order valence-corrected chi connectivity index (χ1v) is 5.79. The lowest BCUT2D eigenvalue weighted by atomic mass is 9.94. The number of hydrogen-bond donors (Lipinski definition) is 1. The quantitative estimate of drug-likeness (QED) is 0.823. The Morgan fingerprint density at radius 3 is 2.73 bits per heavy atom. The largest absolute Gasteiger partial charge is 0.339 e. The van der Waals surface area contributed by atoms with Crippen molar-refractivity contribution < 1.29 is 4.52 Å². The maximum absolute atomic E-state index is 5.19. The van der Waals surface area contributed by atoms with Crippen LogP contribution in [0.4, 0.5) is 0 Å². The zero-order chi connectivity index (χ0) is 10.7. The highest BCUT2D eigenvalue weighted by Gasteiger charge is 2.17. The highest BCUT2D eigenvalue weighted by Crippen LogP contribution is 2.18. The van der Waals surface area contributed by atoms with E-state index in [9.17, 15) is 0 Å². The van der Waals surface area contributed by atoms with Crippen LogP contribution >= 0.6 is 0 Å². The standard InChI is InChI=1S/C11H19N3O/c1-8(2)11-13-10(14-15-11)7-9-3-5-12-6-4-9/h8-9,12H,3-7H2,1-2H3. The van der Waals surface area contributed by atoms with Gasteiger partial charge in [-0.15, -0.1) is 0 Å². The van der Waals surface area contributed by atoms with E-state index in [1.807, 2.05) is 0 Å². The van der Waals surface area contributed by atoms with Gasteiger partial charge in [0.25, 0.3) is 0 Å². The summed E-state index contributed by atoms with van der Waals surface area (Å²) in [7, 11) is 0. The molecule has 0 aliphatic carbocycles. The van der Waals surface area contributed by atoms with Crippen molar-refractivity contribution in [1.29, 1.82) is 0 Å². The molecule has 0 radical (unpaired) electrons. The molecule has 1 fully saturated rings. The van der Waals surface area contributed by atoms with Crippen LogP contribution < -0.4 is 5.32 Å². The Labute approximate surface area is 90.4 Å². The number of aromatic nitrogens is 2. The first kappa shape index (κ1) is 10.6. The lowest BCUT2D eigenvalue weighted by Crippen LogP contribution is -2.28. The summed E-state index contributed by atoms with van der Waals surface area (Å²) in [6.07, 6.45) is 3.43. The molecule has 4 heteroatoms. The molecule has 4 nitrogen and oxygen atoms in total. The van der Waals surface area contributed by atoms with Crippen LogP contribution in [0.25, 0.3) is 0 Å². The van der Waals surface area contributed by atoms with E-state index >= 15 is 0 Å². The number of hydrogen-bond acceptors (Lipinski definition) is 4. The van der Waals surface area contributed by atoms with E-state index in [-0.39, 0.29) is 0 Å². The van der Waals surface area contributed by atoms with E-state index in [1.54, 1.807) is 0 Å². The van der Waals surface area contributed by atoms with Crippen LogP contribution in [0.2, 0.25) is 0 Å². The Kier molecular flexibility index (Phi) is 3.36. The van der Waals surface area contributed by atoms with Crippen molar-refractivity contribution >= 4 is 0 Å². The second kappa shape index (κ2) is 4.75. The van der Waals surface area contributed by atoms with Crippen molar-refractivity contribution in [3.63, 3.8) is 0 Å². The molecule has 2 rings (SSSR count). The third kappa shape index (κ3) is 2.78. The summed E-state index contributed by atoms with van der Waals surface area (Å²) in [5.74, 6) is 2.70. The van der Waals surface area contributed by atoms with Gasteiger partial charge in [0, 0.05) is 12.3 Å². The summed E-state index contributed by atoms with van der Waals surface area (Å²) in [5.41, 5.74) is 0. The van der Waals surface area contributed by atoms with Crippen molar-refractivity contribution in [3.05, 3.63) is 11.7 Å². The second-order valence-electron chi connectivity index (χ2n) is 4.60. The topological polar surface area (TPSA) is 51.0 Å². The molecule has 1 saturated heterocycles. The van der Waals surface area contributed by atoms with Gasteiger partial charge in [-0.1, -0.05) is 19.0 Å². The van der Waals surface area contributed by atoms with Crippen molar-refractivity contribution in [1.82, 2.24) is 15.5 Å². The smallest absolute Gasteiger partial charge is 0.229 e. The predicted octanol–water partition coefficient (Wildman–Crippen LogP) is 1.74. The fraction of sp³-hybridized carbons (Fsp3) is 0.818. The normalized spacial score (nSPS) is 18.6. The zero-order valence-corrected chi connectivity index (χ0v) is 9.49. The van der Waals surface area contributed by atoms with Gasteiger partial charge in [0.05, 0.1) is 0 Å². The van der Waals surface area contributed by atoms with Crippen LogP contribution in [-0.4, -0.2) is 23.2 Å². The molecule has 1 aliphatic heterocycles. The summed E-state index contributed by atoms with van der Waals surface area (Å²) in [5, 5.41) is 7.38. The van der Waals surface area contributed by atoms with Crippen molar-refractivity contribution in [3.8, 4) is 0 Å². The minimum absolute atomic E-state index is 0.333. The molecule has 1 aromatic heterocycles. The number of rotatable bonds is 3. The van der Waals surface area contributed by atoms with Crippen LogP contribution in [0.5, 0.6) is 0 Å². The SMILES string of the molecule is CC(C)c1nc(CC2CCNCC2)no1. The first-order valence-electron chi connectivity index (χ1n) is 5.79. The van der Waals surface area contributed by atoms with Crippen LogP contribution in [0, 0.1) is 5.92 Å². The van der Waals surface area contributed by atoms with E-state index in [4.69, 9.17) is 4.52 Å². The Balaban J connectivity index is 1.91. The fourth-order valence-corrected chi connectivity index (χ4v) is 1.93. The van der Waals surface area contributed by atoms with E-state index in [0.29, 0.717) is 5.92 Å². The van der Waals surface area contributed by atoms with Gasteiger partial charge in [-0.25, -0.2) is 0 Å². The minimum Gasteiger partial charge on any atom is -0.339 e. The van der Waals surface area contributed by atoms with Crippen molar-refractivity contribution in [2.75, 3.05) is 13.1 Å². The molecule has 0 bridgehead atoms. The van der Waals surface area contributed by atoms with Gasteiger partial charge >= 0.3 is 0 Å². The maximum Gasteiger partial charge on any atom is 0.229 e. The maximum atomic E-state index is 5.19. The van der Waals surface area contributed by atoms with Gasteiger partial charge in [0.15, 0.2) is 5.82 Å². The van der Waals surface area contributed by atoms with Gasteiger partial charge in [-0.3, -0.25) is 0 Å². The zero-order valence-electron chi connectivity index (χ0n) is 9.49. The van der Waals surface area contributed by atoms with E-state index < -0.39 is 0 Å². The Hall–Kier alpha value is -0.900. The van der Waals surface area contributed by atoms with Gasteiger partial charge < -0.3 is 9.84 Å². The Morgan fingerprint density at radius 2 is 2.13 bits per heavy atom. The summed E-state index contributed by atoms with van der Waals surface area (Å²) in [4.78, 5) is 4.41. The van der Waals surface area contributed by atoms with E-state index in [1.165, 1.54) is 12.8 Å². The molecule has 84 valence electrons. The van der Waals surface area contributed by atoms with E-state index in [2.05, 4.69) is 29.3 Å². The van der Waals surface area contributed by atoms with Crippen molar-refractivity contribution in [2.24, 2.45) is 5.92 Å². The molecule has 2 heterocycles.